The molecule has 3 rings (SSSR count). The third-order valence-corrected chi connectivity index (χ3v) is 3.82. The molecule has 6 nitrogen and oxygen atoms in total. The number of hydrogen-bond donors (Lipinski definition) is 4. The molecule has 0 spiro atoms. The molecule has 0 atom stereocenters. The summed E-state index contributed by atoms with van der Waals surface area (Å²) in [6, 6.07) is 7.23. The van der Waals surface area contributed by atoms with Crippen molar-refractivity contribution < 1.29 is 20.1 Å². The van der Waals surface area contributed by atoms with Crippen LogP contribution in [0.5, 0.6) is 17.2 Å². The summed E-state index contributed by atoms with van der Waals surface area (Å²) in [7, 11) is 0. The summed E-state index contributed by atoms with van der Waals surface area (Å²) in [6.07, 6.45) is 1.87. The number of benzene rings is 2. The molecule has 1 heterocycles. The van der Waals surface area contributed by atoms with E-state index in [2.05, 4.69) is 5.32 Å². The van der Waals surface area contributed by atoms with Crippen molar-refractivity contribution in [1.82, 2.24) is 0 Å². The van der Waals surface area contributed by atoms with Crippen molar-refractivity contribution in [2.45, 2.75) is 13.8 Å². The normalized spacial score (nSPS) is 12.8. The zero-order valence-corrected chi connectivity index (χ0v) is 13.4. The van der Waals surface area contributed by atoms with Gasteiger partial charge in [-0.1, -0.05) is 17.7 Å². The number of nitrogens with one attached hydrogen (secondary N) is 1. The van der Waals surface area contributed by atoms with Crippen LogP contribution in [0, 0.1) is 0 Å². The van der Waals surface area contributed by atoms with E-state index in [1.165, 1.54) is 23.1 Å². The molecule has 4 N–H and O–H groups in total. The largest absolute Gasteiger partial charge is 0.508 e. The Hall–Kier alpha value is -3.15. The van der Waals surface area contributed by atoms with Gasteiger partial charge >= 0.3 is 0 Å². The first-order valence-corrected chi connectivity index (χ1v) is 7.48. The molecule has 124 valence electrons. The standard InChI is InChI=1S/C18H18N2O4/c1-10(2)6-7-20-13-8-11(21)9-15(23)17(13)19-16-12(18(20)24)4-3-5-14(16)22/h3-6,8-9,19,21-23H,7H2,1-2H3. The first-order chi connectivity index (χ1) is 11.4. The molecule has 1 aliphatic rings. The fraction of sp³-hybridized carbons (Fsp3) is 0.167. The number of aromatic hydroxyl groups is 3. The maximum Gasteiger partial charge on any atom is 0.260 e. The average Bonchev–Trinajstić information content (AvgIpc) is 2.62. The summed E-state index contributed by atoms with van der Waals surface area (Å²) in [5.74, 6) is -0.799. The van der Waals surface area contributed by atoms with E-state index in [-0.39, 0.29) is 46.6 Å². The van der Waals surface area contributed by atoms with Crippen LogP contribution in [0.25, 0.3) is 0 Å². The number of carbonyl (C=O) groups is 1. The van der Waals surface area contributed by atoms with Crippen LogP contribution in [0.15, 0.2) is 42.0 Å². The molecule has 0 aromatic heterocycles. The number of nitrogens with zero attached hydrogens (tertiary/aromatic N) is 1. The van der Waals surface area contributed by atoms with E-state index in [1.54, 1.807) is 12.1 Å². The Balaban J connectivity index is 2.25. The second kappa shape index (κ2) is 5.81. The van der Waals surface area contributed by atoms with Crippen LogP contribution in [0.3, 0.4) is 0 Å². The number of rotatable bonds is 2. The number of phenolic OH excluding ortho intramolecular Hbond substituents is 3. The van der Waals surface area contributed by atoms with Gasteiger partial charge < -0.3 is 25.5 Å². The molecule has 0 saturated heterocycles. The van der Waals surface area contributed by atoms with E-state index < -0.39 is 0 Å². The number of allylic oxidation sites excluding steroid dienone is 1. The molecule has 2 aromatic rings. The Kier molecular flexibility index (Phi) is 3.81. The molecule has 0 saturated carbocycles. The predicted molar refractivity (Wildman–Crippen MR) is 92.3 cm³/mol. The molecular formula is C18H18N2O4. The number of hydrogen-bond acceptors (Lipinski definition) is 5. The lowest BCUT2D eigenvalue weighted by Crippen LogP contribution is -2.30. The minimum Gasteiger partial charge on any atom is -0.508 e. The Labute approximate surface area is 139 Å². The van der Waals surface area contributed by atoms with E-state index in [0.717, 1.165) is 5.57 Å². The molecule has 0 fully saturated rings. The van der Waals surface area contributed by atoms with Gasteiger partial charge in [0.2, 0.25) is 0 Å². The number of carbonyl (C=O) groups excluding carboxylic acids is 1. The lowest BCUT2D eigenvalue weighted by atomic mass is 10.1. The molecule has 24 heavy (non-hydrogen) atoms. The highest BCUT2D eigenvalue weighted by Crippen LogP contribution is 2.45. The van der Waals surface area contributed by atoms with Crippen molar-refractivity contribution in [3.63, 3.8) is 0 Å². The number of amides is 1. The van der Waals surface area contributed by atoms with E-state index >= 15 is 0 Å². The van der Waals surface area contributed by atoms with Gasteiger partial charge in [0.1, 0.15) is 22.9 Å². The van der Waals surface area contributed by atoms with Gasteiger partial charge in [0.15, 0.2) is 0 Å². The first-order valence-electron chi connectivity index (χ1n) is 7.48. The topological polar surface area (TPSA) is 93.0 Å². The summed E-state index contributed by atoms with van der Waals surface area (Å²) in [6.45, 7) is 4.11. The zero-order chi connectivity index (χ0) is 17.4. The number of phenols is 3. The fourth-order valence-electron chi connectivity index (χ4n) is 2.62. The maximum atomic E-state index is 13.0. The Morgan fingerprint density at radius 1 is 1.12 bits per heavy atom. The van der Waals surface area contributed by atoms with Crippen LogP contribution < -0.4 is 10.2 Å². The highest BCUT2D eigenvalue weighted by atomic mass is 16.3. The van der Waals surface area contributed by atoms with E-state index in [1.807, 2.05) is 19.9 Å². The molecule has 6 heteroatoms. The van der Waals surface area contributed by atoms with Gasteiger partial charge in [-0.25, -0.2) is 0 Å². The van der Waals surface area contributed by atoms with Gasteiger partial charge in [0.05, 0.1) is 16.9 Å². The van der Waals surface area contributed by atoms with Crippen LogP contribution >= 0.6 is 0 Å². The first kappa shape index (κ1) is 15.7. The average molecular weight is 326 g/mol. The lowest BCUT2D eigenvalue weighted by Gasteiger charge is -2.22. The molecule has 0 unspecified atom stereocenters. The molecular weight excluding hydrogens is 308 g/mol. The van der Waals surface area contributed by atoms with Gasteiger partial charge in [-0.2, -0.15) is 0 Å². The van der Waals surface area contributed by atoms with Crippen molar-refractivity contribution in [1.29, 1.82) is 0 Å². The Bertz CT molecular complexity index is 854. The molecule has 2 aromatic carbocycles. The Morgan fingerprint density at radius 3 is 2.58 bits per heavy atom. The SMILES string of the molecule is CC(C)=CCN1C(=O)c2cccc(O)c2Nc2c(O)cc(O)cc21. The highest BCUT2D eigenvalue weighted by Gasteiger charge is 2.29. The molecule has 1 aliphatic heterocycles. The van der Waals surface area contributed by atoms with Crippen molar-refractivity contribution in [3.8, 4) is 17.2 Å². The predicted octanol–water partition coefficient (Wildman–Crippen LogP) is 3.47. The third-order valence-electron chi connectivity index (χ3n) is 3.82. The van der Waals surface area contributed by atoms with Gasteiger partial charge in [0.25, 0.3) is 5.91 Å². The maximum absolute atomic E-state index is 13.0. The fourth-order valence-corrected chi connectivity index (χ4v) is 2.62. The van der Waals surface area contributed by atoms with Crippen LogP contribution in [0.1, 0.15) is 24.2 Å². The number of anilines is 3. The quantitative estimate of drug-likeness (QED) is 0.385. The summed E-state index contributed by atoms with van der Waals surface area (Å²) in [5.41, 5.74) is 2.13. The van der Waals surface area contributed by atoms with Gasteiger partial charge in [-0.15, -0.1) is 0 Å². The van der Waals surface area contributed by atoms with Crippen molar-refractivity contribution in [3.05, 3.63) is 47.5 Å². The highest BCUT2D eigenvalue weighted by molar-refractivity contribution is 6.15. The molecule has 0 radical (unpaired) electrons. The minimum absolute atomic E-state index is 0.0941. The van der Waals surface area contributed by atoms with E-state index in [0.29, 0.717) is 5.69 Å². The second-order valence-corrected chi connectivity index (χ2v) is 5.88. The lowest BCUT2D eigenvalue weighted by molar-refractivity contribution is 0.0991. The Morgan fingerprint density at radius 2 is 1.88 bits per heavy atom. The van der Waals surface area contributed by atoms with E-state index in [9.17, 15) is 20.1 Å². The van der Waals surface area contributed by atoms with Gasteiger partial charge in [0, 0.05) is 18.7 Å². The van der Waals surface area contributed by atoms with Crippen LogP contribution in [0.2, 0.25) is 0 Å². The summed E-state index contributed by atoms with van der Waals surface area (Å²) in [5, 5.41) is 33.0. The molecule has 0 aliphatic carbocycles. The second-order valence-electron chi connectivity index (χ2n) is 5.88. The van der Waals surface area contributed by atoms with Gasteiger partial charge in [-0.05, 0) is 26.0 Å². The van der Waals surface area contributed by atoms with Gasteiger partial charge in [-0.3, -0.25) is 4.79 Å². The van der Waals surface area contributed by atoms with Crippen LogP contribution in [0.4, 0.5) is 17.1 Å². The number of para-hydroxylation sites is 1. The smallest absolute Gasteiger partial charge is 0.260 e. The number of fused-ring (bicyclic) bond motifs is 2. The van der Waals surface area contributed by atoms with Crippen LogP contribution in [-0.2, 0) is 0 Å². The van der Waals surface area contributed by atoms with E-state index in [4.69, 9.17) is 0 Å². The molecule has 1 amide bonds. The minimum atomic E-state index is -0.338. The van der Waals surface area contributed by atoms with Crippen molar-refractivity contribution in [2.24, 2.45) is 0 Å². The summed E-state index contributed by atoms with van der Waals surface area (Å²) < 4.78 is 0. The molecule has 0 bridgehead atoms. The van der Waals surface area contributed by atoms with Crippen LogP contribution in [-0.4, -0.2) is 27.8 Å². The van der Waals surface area contributed by atoms with Crippen molar-refractivity contribution in [2.75, 3.05) is 16.8 Å². The van der Waals surface area contributed by atoms with Crippen molar-refractivity contribution >= 4 is 23.0 Å². The third kappa shape index (κ3) is 2.62. The summed E-state index contributed by atoms with van der Waals surface area (Å²) >= 11 is 0. The monoisotopic (exact) mass is 326 g/mol. The zero-order valence-electron chi connectivity index (χ0n) is 13.4. The summed E-state index contributed by atoms with van der Waals surface area (Å²) in [4.78, 5) is 14.4.